The second kappa shape index (κ2) is 10.7. The van der Waals surface area contributed by atoms with Crippen LogP contribution in [0.1, 0.15) is 48.0 Å². The predicted molar refractivity (Wildman–Crippen MR) is 130 cm³/mol. The fraction of sp³-hybridized carbons (Fsp3) is 0.667. The zero-order valence-electron chi connectivity index (χ0n) is 20.5. The normalized spacial score (nSPS) is 19.0. The molecular formula is C24H38ClFN4O3. The molecule has 0 saturated carbocycles. The Hall–Kier alpha value is -1.74. The van der Waals surface area contributed by atoms with E-state index in [0.717, 1.165) is 0 Å². The molecule has 4 N–H and O–H groups in total. The van der Waals surface area contributed by atoms with Gasteiger partial charge < -0.3 is 21.1 Å². The quantitative estimate of drug-likeness (QED) is 0.500. The van der Waals surface area contributed by atoms with Crippen LogP contribution in [0.5, 0.6) is 0 Å². The molecule has 1 fully saturated rings. The number of nitrogens with two attached hydrogens (primary N) is 1. The first-order chi connectivity index (χ1) is 15.1. The summed E-state index contributed by atoms with van der Waals surface area (Å²) in [7, 11) is 0. The first-order valence-corrected chi connectivity index (χ1v) is 11.7. The van der Waals surface area contributed by atoms with Crippen LogP contribution < -0.4 is 16.0 Å². The highest BCUT2D eigenvalue weighted by Gasteiger charge is 2.41. The molecule has 1 aromatic rings. The first-order valence-electron chi connectivity index (χ1n) is 11.4. The molecule has 7 nitrogen and oxygen atoms in total. The lowest BCUT2D eigenvalue weighted by atomic mass is 9.83. The van der Waals surface area contributed by atoms with E-state index in [1.54, 1.807) is 13.8 Å². The first kappa shape index (κ1) is 27.5. The summed E-state index contributed by atoms with van der Waals surface area (Å²) in [4.78, 5) is 28.8. The Labute approximate surface area is 201 Å². The second-order valence-corrected chi connectivity index (χ2v) is 11.1. The van der Waals surface area contributed by atoms with Crippen LogP contribution in [0.25, 0.3) is 0 Å². The van der Waals surface area contributed by atoms with Crippen LogP contribution in [0.2, 0.25) is 5.02 Å². The van der Waals surface area contributed by atoms with E-state index in [9.17, 15) is 19.1 Å². The Morgan fingerprint density at radius 2 is 2.00 bits per heavy atom. The third kappa shape index (κ3) is 7.12. The predicted octanol–water partition coefficient (Wildman–Crippen LogP) is 2.78. The number of hydrogen-bond donors (Lipinski definition) is 3. The average Bonchev–Trinajstić information content (AvgIpc) is 2.70. The molecule has 0 bridgehead atoms. The maximum Gasteiger partial charge on any atom is 0.241 e. The van der Waals surface area contributed by atoms with Crippen molar-refractivity contribution in [2.24, 2.45) is 17.1 Å². The fourth-order valence-electron chi connectivity index (χ4n) is 3.94. The van der Waals surface area contributed by atoms with E-state index in [1.807, 2.05) is 32.6 Å². The number of carbonyl (C=O) groups excluding carboxylic acids is 2. The monoisotopic (exact) mass is 484 g/mol. The van der Waals surface area contributed by atoms with Crippen LogP contribution in [0.15, 0.2) is 18.2 Å². The Morgan fingerprint density at radius 1 is 1.36 bits per heavy atom. The summed E-state index contributed by atoms with van der Waals surface area (Å²) >= 11 is 6.22. The van der Waals surface area contributed by atoms with Gasteiger partial charge in [0.1, 0.15) is 5.82 Å². The van der Waals surface area contributed by atoms with Gasteiger partial charge >= 0.3 is 0 Å². The number of benzene rings is 1. The lowest BCUT2D eigenvalue weighted by molar-refractivity contribution is -0.131. The van der Waals surface area contributed by atoms with Gasteiger partial charge in [0.25, 0.3) is 0 Å². The van der Waals surface area contributed by atoms with Crippen LogP contribution in [-0.4, -0.2) is 65.7 Å². The van der Waals surface area contributed by atoms with Crippen molar-refractivity contribution in [3.8, 4) is 0 Å². The van der Waals surface area contributed by atoms with E-state index < -0.39 is 28.9 Å². The minimum atomic E-state index is -0.925. The molecule has 1 aromatic carbocycles. The number of hydrogen-bond acceptors (Lipinski definition) is 5. The van der Waals surface area contributed by atoms with E-state index >= 15 is 0 Å². The standard InChI is InChI=1S/C24H38ClFN4O3/c1-15(2)11-28-22(33)23(3,4)10-20(31)18(27)12-29-13-21(32)30(14-24(29,5)6)19-9-16(26)7-8-17(19)25/h7-9,15,18,20,31H,10-14,27H2,1-6H3,(H,28,33)/t18-,20-/m0/s1. The van der Waals surface area contributed by atoms with Crippen molar-refractivity contribution in [3.05, 3.63) is 29.0 Å². The third-order valence-electron chi connectivity index (χ3n) is 6.16. The number of carbonyl (C=O) groups is 2. The van der Waals surface area contributed by atoms with Gasteiger partial charge in [0.15, 0.2) is 0 Å². The Balaban J connectivity index is 2.04. The van der Waals surface area contributed by atoms with Gasteiger partial charge in [-0.1, -0.05) is 39.3 Å². The number of piperazine rings is 1. The van der Waals surface area contributed by atoms with Gasteiger partial charge in [-0.15, -0.1) is 0 Å². The van der Waals surface area contributed by atoms with Crippen LogP contribution >= 0.6 is 11.6 Å². The van der Waals surface area contributed by atoms with Crippen LogP contribution in [0.3, 0.4) is 0 Å². The molecule has 0 spiro atoms. The topological polar surface area (TPSA) is 98.9 Å². The van der Waals surface area contributed by atoms with Crippen LogP contribution in [0.4, 0.5) is 10.1 Å². The molecule has 1 saturated heterocycles. The highest BCUT2D eigenvalue weighted by Crippen LogP contribution is 2.32. The summed E-state index contributed by atoms with van der Waals surface area (Å²) in [5.41, 5.74) is 5.37. The molecule has 0 radical (unpaired) electrons. The highest BCUT2D eigenvalue weighted by atomic mass is 35.5. The van der Waals surface area contributed by atoms with Gasteiger partial charge in [-0.05, 0) is 44.4 Å². The summed E-state index contributed by atoms with van der Waals surface area (Å²) in [6.07, 6.45) is -0.725. The van der Waals surface area contributed by atoms with Gasteiger partial charge in [0, 0.05) is 36.6 Å². The lowest BCUT2D eigenvalue weighted by Crippen LogP contribution is -2.64. The zero-order valence-corrected chi connectivity index (χ0v) is 21.2. The van der Waals surface area contributed by atoms with Gasteiger partial charge in [0.2, 0.25) is 11.8 Å². The van der Waals surface area contributed by atoms with E-state index in [2.05, 4.69) is 5.32 Å². The Morgan fingerprint density at radius 3 is 2.61 bits per heavy atom. The van der Waals surface area contributed by atoms with Crippen LogP contribution in [-0.2, 0) is 9.59 Å². The van der Waals surface area contributed by atoms with Gasteiger partial charge in [-0.25, -0.2) is 4.39 Å². The maximum atomic E-state index is 13.8. The molecule has 1 aliphatic heterocycles. The molecule has 1 heterocycles. The van der Waals surface area contributed by atoms with Crippen molar-refractivity contribution in [1.29, 1.82) is 0 Å². The van der Waals surface area contributed by atoms with Crippen LogP contribution in [0, 0.1) is 17.2 Å². The fourth-order valence-corrected chi connectivity index (χ4v) is 4.16. The molecule has 33 heavy (non-hydrogen) atoms. The zero-order chi connectivity index (χ0) is 25.1. The largest absolute Gasteiger partial charge is 0.391 e. The summed E-state index contributed by atoms with van der Waals surface area (Å²) in [6.45, 7) is 12.7. The van der Waals surface area contributed by atoms with Gasteiger partial charge in [-0.3, -0.25) is 14.5 Å². The van der Waals surface area contributed by atoms with Crippen molar-refractivity contribution in [1.82, 2.24) is 10.2 Å². The minimum Gasteiger partial charge on any atom is -0.391 e. The molecular weight excluding hydrogens is 447 g/mol. The SMILES string of the molecule is CC(C)CNC(=O)C(C)(C)C[C@H](O)[C@@H](N)CN1CC(=O)N(c2cc(F)ccc2Cl)CC1(C)C. The summed E-state index contributed by atoms with van der Waals surface area (Å²) in [5, 5.41) is 14.0. The molecule has 0 aliphatic carbocycles. The Bertz CT molecular complexity index is 862. The Kier molecular flexibility index (Phi) is 8.90. The number of nitrogens with zero attached hydrogens (tertiary/aromatic N) is 2. The van der Waals surface area contributed by atoms with Crippen molar-refractivity contribution >= 4 is 29.1 Å². The number of anilines is 1. The van der Waals surface area contributed by atoms with Crippen molar-refractivity contribution in [3.63, 3.8) is 0 Å². The maximum absolute atomic E-state index is 13.8. The number of nitrogens with one attached hydrogen (secondary N) is 1. The van der Waals surface area contributed by atoms with E-state index in [0.29, 0.717) is 29.7 Å². The molecule has 1 aliphatic rings. The van der Waals surface area contributed by atoms with Crippen molar-refractivity contribution < 1.29 is 19.1 Å². The molecule has 0 aromatic heterocycles. The van der Waals surface area contributed by atoms with E-state index in [1.165, 1.54) is 23.1 Å². The highest BCUT2D eigenvalue weighted by molar-refractivity contribution is 6.33. The molecule has 2 amide bonds. The molecule has 2 atom stereocenters. The summed E-state index contributed by atoms with van der Waals surface area (Å²) in [6, 6.07) is 3.29. The summed E-state index contributed by atoms with van der Waals surface area (Å²) in [5.74, 6) is -0.485. The van der Waals surface area contributed by atoms with Crippen molar-refractivity contribution in [2.75, 3.05) is 31.1 Å². The number of aliphatic hydroxyl groups is 1. The van der Waals surface area contributed by atoms with E-state index in [-0.39, 0.29) is 31.3 Å². The lowest BCUT2D eigenvalue weighted by Gasteiger charge is -2.48. The molecule has 186 valence electrons. The number of aliphatic hydroxyl groups excluding tert-OH is 1. The number of amides is 2. The number of rotatable bonds is 9. The molecule has 9 heteroatoms. The molecule has 2 rings (SSSR count). The van der Waals surface area contributed by atoms with Crippen molar-refractivity contribution in [2.45, 2.75) is 65.6 Å². The summed E-state index contributed by atoms with van der Waals surface area (Å²) < 4.78 is 13.8. The van der Waals surface area contributed by atoms with Gasteiger partial charge in [-0.2, -0.15) is 0 Å². The smallest absolute Gasteiger partial charge is 0.241 e. The second-order valence-electron chi connectivity index (χ2n) is 10.7. The third-order valence-corrected chi connectivity index (χ3v) is 6.48. The minimum absolute atomic E-state index is 0.0541. The number of halogens is 2. The molecule has 0 unspecified atom stereocenters. The van der Waals surface area contributed by atoms with Gasteiger partial charge in [0.05, 0.1) is 23.4 Å². The average molecular weight is 485 g/mol. The van der Waals surface area contributed by atoms with E-state index in [4.69, 9.17) is 17.3 Å².